The Balaban J connectivity index is 1.67. The van der Waals surface area contributed by atoms with Gasteiger partial charge in [-0.2, -0.15) is 0 Å². The first-order valence-electron chi connectivity index (χ1n) is 7.15. The lowest BCUT2D eigenvalue weighted by Crippen LogP contribution is -2.32. The Labute approximate surface area is 113 Å². The Hall–Kier alpha value is -1.32. The molecule has 1 saturated heterocycles. The third-order valence-electron chi connectivity index (χ3n) is 4.69. The van der Waals surface area contributed by atoms with Crippen molar-refractivity contribution in [1.82, 2.24) is 0 Å². The molecule has 104 valence electrons. The molecule has 5 atom stereocenters. The zero-order valence-electron chi connectivity index (χ0n) is 11.2. The van der Waals surface area contributed by atoms with Crippen molar-refractivity contribution in [3.05, 3.63) is 12.2 Å². The molecule has 1 aliphatic heterocycles. The minimum Gasteiger partial charge on any atom is -0.465 e. The fourth-order valence-corrected chi connectivity index (χ4v) is 3.82. The summed E-state index contributed by atoms with van der Waals surface area (Å²) in [7, 11) is 0. The molecular weight excluding hydrogens is 244 g/mol. The summed E-state index contributed by atoms with van der Waals surface area (Å²) in [5.74, 6) is 1.09. The van der Waals surface area contributed by atoms with Crippen LogP contribution in [0.2, 0.25) is 0 Å². The quantitative estimate of drug-likeness (QED) is 0.576. The number of carbonyl (C=O) groups excluding carboxylic acids is 2. The molecule has 0 aromatic rings. The zero-order chi connectivity index (χ0) is 13.4. The van der Waals surface area contributed by atoms with Crippen LogP contribution in [0.3, 0.4) is 0 Å². The molecule has 0 amide bonds. The number of esters is 2. The van der Waals surface area contributed by atoms with Gasteiger partial charge >= 0.3 is 11.9 Å². The second-order valence-electron chi connectivity index (χ2n) is 5.99. The second kappa shape index (κ2) is 4.99. The van der Waals surface area contributed by atoms with Crippen LogP contribution in [-0.2, 0) is 19.1 Å². The number of hydrogen-bond donors (Lipinski definition) is 0. The summed E-state index contributed by atoms with van der Waals surface area (Å²) in [4.78, 5) is 23.0. The van der Waals surface area contributed by atoms with Crippen molar-refractivity contribution in [2.75, 3.05) is 6.61 Å². The molecule has 0 aromatic carbocycles. The van der Waals surface area contributed by atoms with Gasteiger partial charge in [0, 0.05) is 6.92 Å². The predicted molar refractivity (Wildman–Crippen MR) is 68.1 cm³/mol. The molecule has 2 aliphatic carbocycles. The number of ether oxygens (including phenoxy) is 2. The summed E-state index contributed by atoms with van der Waals surface area (Å²) in [6, 6.07) is 0. The molecule has 0 N–H and O–H groups in total. The van der Waals surface area contributed by atoms with Gasteiger partial charge in [-0.25, -0.2) is 0 Å². The van der Waals surface area contributed by atoms with Crippen molar-refractivity contribution in [1.29, 1.82) is 0 Å². The highest BCUT2D eigenvalue weighted by atomic mass is 16.6. The van der Waals surface area contributed by atoms with Crippen LogP contribution in [0.4, 0.5) is 0 Å². The minimum absolute atomic E-state index is 0.204. The Morgan fingerprint density at radius 1 is 1.47 bits per heavy atom. The van der Waals surface area contributed by atoms with Crippen molar-refractivity contribution in [2.45, 2.75) is 38.7 Å². The van der Waals surface area contributed by atoms with E-state index in [2.05, 4.69) is 12.2 Å². The highest BCUT2D eigenvalue weighted by Gasteiger charge is 2.42. The number of hydrogen-bond acceptors (Lipinski definition) is 4. The standard InChI is InChI=1S/C15H20O4/c1-9(16)19-14(13-4-5-18-15(13)17)8-12-7-10-2-3-11(12)6-10/h2-3,10-14H,4-8H2,1H3. The number of cyclic esters (lactones) is 1. The highest BCUT2D eigenvalue weighted by molar-refractivity contribution is 5.75. The molecule has 0 spiro atoms. The lowest BCUT2D eigenvalue weighted by Gasteiger charge is -2.26. The van der Waals surface area contributed by atoms with Crippen molar-refractivity contribution in [3.63, 3.8) is 0 Å². The van der Waals surface area contributed by atoms with E-state index >= 15 is 0 Å². The number of rotatable bonds is 4. The van der Waals surface area contributed by atoms with Gasteiger partial charge in [0.1, 0.15) is 6.10 Å². The molecule has 0 radical (unpaired) electrons. The summed E-state index contributed by atoms with van der Waals surface area (Å²) in [5.41, 5.74) is 0. The Morgan fingerprint density at radius 2 is 2.32 bits per heavy atom. The monoisotopic (exact) mass is 264 g/mol. The Kier molecular flexibility index (Phi) is 3.33. The van der Waals surface area contributed by atoms with Gasteiger partial charge in [-0.3, -0.25) is 9.59 Å². The number of fused-ring (bicyclic) bond motifs is 2. The van der Waals surface area contributed by atoms with E-state index in [1.807, 2.05) is 0 Å². The smallest absolute Gasteiger partial charge is 0.312 e. The predicted octanol–water partition coefficient (Wildman–Crippen LogP) is 2.08. The van der Waals surface area contributed by atoms with Crippen LogP contribution in [0.5, 0.6) is 0 Å². The molecule has 2 bridgehead atoms. The van der Waals surface area contributed by atoms with E-state index < -0.39 is 0 Å². The summed E-state index contributed by atoms with van der Waals surface area (Å²) in [6.45, 7) is 1.87. The molecule has 19 heavy (non-hydrogen) atoms. The van der Waals surface area contributed by atoms with Crippen LogP contribution in [0.15, 0.2) is 12.2 Å². The minimum atomic E-state index is -0.302. The second-order valence-corrected chi connectivity index (χ2v) is 5.99. The van der Waals surface area contributed by atoms with Gasteiger partial charge in [0.25, 0.3) is 0 Å². The topological polar surface area (TPSA) is 52.6 Å². The van der Waals surface area contributed by atoms with Gasteiger partial charge in [-0.1, -0.05) is 12.2 Å². The molecule has 3 rings (SSSR count). The van der Waals surface area contributed by atoms with Gasteiger partial charge in [-0.15, -0.1) is 0 Å². The van der Waals surface area contributed by atoms with Gasteiger partial charge in [0.05, 0.1) is 12.5 Å². The fraction of sp³-hybridized carbons (Fsp3) is 0.733. The van der Waals surface area contributed by atoms with Crippen LogP contribution in [0, 0.1) is 23.7 Å². The molecule has 1 saturated carbocycles. The summed E-state index contributed by atoms with van der Waals surface area (Å²) in [6.07, 6.45) is 8.15. The van der Waals surface area contributed by atoms with Gasteiger partial charge < -0.3 is 9.47 Å². The van der Waals surface area contributed by atoms with Crippen LogP contribution >= 0.6 is 0 Å². The Bertz CT molecular complexity index is 414. The average Bonchev–Trinajstić information content (AvgIpc) is 3.03. The van der Waals surface area contributed by atoms with Gasteiger partial charge in [0.2, 0.25) is 0 Å². The van der Waals surface area contributed by atoms with Crippen LogP contribution in [0.1, 0.15) is 32.6 Å². The van der Waals surface area contributed by atoms with Crippen LogP contribution in [-0.4, -0.2) is 24.6 Å². The molecule has 5 unspecified atom stereocenters. The first-order valence-corrected chi connectivity index (χ1v) is 7.15. The van der Waals surface area contributed by atoms with E-state index in [-0.39, 0.29) is 24.0 Å². The molecule has 0 aromatic heterocycles. The molecular formula is C15H20O4. The molecule has 3 aliphatic rings. The lowest BCUT2D eigenvalue weighted by molar-refractivity contribution is -0.155. The summed E-state index contributed by atoms with van der Waals surface area (Å²) in [5, 5.41) is 0. The largest absolute Gasteiger partial charge is 0.465 e. The van der Waals surface area contributed by atoms with E-state index in [0.717, 1.165) is 6.42 Å². The van der Waals surface area contributed by atoms with Gasteiger partial charge in [0.15, 0.2) is 0 Å². The fourth-order valence-electron chi connectivity index (χ4n) is 3.82. The normalized spacial score (nSPS) is 37.4. The highest BCUT2D eigenvalue weighted by Crippen LogP contribution is 2.46. The van der Waals surface area contributed by atoms with Crippen LogP contribution < -0.4 is 0 Å². The first kappa shape index (κ1) is 12.7. The maximum Gasteiger partial charge on any atom is 0.312 e. The van der Waals surface area contributed by atoms with Crippen molar-refractivity contribution in [3.8, 4) is 0 Å². The van der Waals surface area contributed by atoms with Crippen LogP contribution in [0.25, 0.3) is 0 Å². The number of carbonyl (C=O) groups is 2. The lowest BCUT2D eigenvalue weighted by atomic mass is 9.84. The van der Waals surface area contributed by atoms with E-state index in [1.165, 1.54) is 19.8 Å². The number of allylic oxidation sites excluding steroid dienone is 2. The first-order chi connectivity index (χ1) is 9.13. The molecule has 2 fully saturated rings. The maximum absolute atomic E-state index is 11.7. The molecule has 4 nitrogen and oxygen atoms in total. The summed E-state index contributed by atoms with van der Waals surface area (Å²) >= 11 is 0. The van der Waals surface area contributed by atoms with Gasteiger partial charge in [-0.05, 0) is 43.4 Å². The van der Waals surface area contributed by atoms with E-state index in [0.29, 0.717) is 30.8 Å². The van der Waals surface area contributed by atoms with Crippen molar-refractivity contribution < 1.29 is 19.1 Å². The molecule has 1 heterocycles. The Morgan fingerprint density at radius 3 is 2.84 bits per heavy atom. The maximum atomic E-state index is 11.7. The van der Waals surface area contributed by atoms with E-state index in [1.54, 1.807) is 0 Å². The molecule has 4 heteroatoms. The van der Waals surface area contributed by atoms with E-state index in [9.17, 15) is 9.59 Å². The summed E-state index contributed by atoms with van der Waals surface area (Å²) < 4.78 is 10.4. The SMILES string of the molecule is CC(=O)OC(CC1CC2C=CC1C2)C1CCOC1=O. The third kappa shape index (κ3) is 2.53. The van der Waals surface area contributed by atoms with E-state index in [4.69, 9.17) is 9.47 Å². The third-order valence-corrected chi connectivity index (χ3v) is 4.69. The van der Waals surface area contributed by atoms with Crippen molar-refractivity contribution in [2.24, 2.45) is 23.7 Å². The average molecular weight is 264 g/mol. The van der Waals surface area contributed by atoms with Crippen molar-refractivity contribution >= 4 is 11.9 Å². The zero-order valence-corrected chi connectivity index (χ0v) is 11.2.